The molecule has 2 aromatic carbocycles. The molecule has 6 nitrogen and oxygen atoms in total. The number of Topliss-reactive ketones (excluding diaryl/α,β-unsaturated/α-hetero) is 1. The van der Waals surface area contributed by atoms with Crippen LogP contribution in [-0.4, -0.2) is 38.4 Å². The van der Waals surface area contributed by atoms with Crippen LogP contribution in [-0.2, 0) is 0 Å². The molecule has 4 rings (SSSR count). The zero-order valence-corrected chi connectivity index (χ0v) is 17.5. The lowest BCUT2D eigenvalue weighted by atomic mass is 10.1. The molecule has 0 saturated heterocycles. The van der Waals surface area contributed by atoms with Crippen molar-refractivity contribution in [2.24, 2.45) is 0 Å². The summed E-state index contributed by atoms with van der Waals surface area (Å²) in [5.41, 5.74) is 3.56. The van der Waals surface area contributed by atoms with E-state index in [1.54, 1.807) is 43.8 Å². The SMILES string of the molecule is COc1ccc(C(=O)CSc2nnc(-c3cccnc3)n2-c2ccccc2C)cc1. The fourth-order valence-corrected chi connectivity index (χ4v) is 3.91. The third-order valence-corrected chi connectivity index (χ3v) is 5.58. The number of nitrogens with zero attached hydrogens (tertiary/aromatic N) is 4. The minimum Gasteiger partial charge on any atom is -0.497 e. The van der Waals surface area contributed by atoms with Crippen molar-refractivity contribution in [3.8, 4) is 22.8 Å². The summed E-state index contributed by atoms with van der Waals surface area (Å²) in [5, 5.41) is 9.44. The molecule has 0 unspecified atom stereocenters. The van der Waals surface area contributed by atoms with Crippen LogP contribution >= 0.6 is 11.8 Å². The summed E-state index contributed by atoms with van der Waals surface area (Å²) in [6.07, 6.45) is 3.48. The second kappa shape index (κ2) is 8.92. The number of hydrogen-bond donors (Lipinski definition) is 0. The molecule has 2 heterocycles. The van der Waals surface area contributed by atoms with Crippen molar-refractivity contribution >= 4 is 17.5 Å². The van der Waals surface area contributed by atoms with E-state index < -0.39 is 0 Å². The Balaban J connectivity index is 1.65. The van der Waals surface area contributed by atoms with E-state index in [-0.39, 0.29) is 11.5 Å². The van der Waals surface area contributed by atoms with Crippen LogP contribution in [0.1, 0.15) is 15.9 Å². The first-order valence-electron chi connectivity index (χ1n) is 9.39. The quantitative estimate of drug-likeness (QED) is 0.323. The van der Waals surface area contributed by atoms with Crippen molar-refractivity contribution in [2.45, 2.75) is 12.1 Å². The van der Waals surface area contributed by atoms with Crippen LogP contribution in [0.3, 0.4) is 0 Å². The highest BCUT2D eigenvalue weighted by atomic mass is 32.2. The van der Waals surface area contributed by atoms with E-state index in [4.69, 9.17) is 4.74 Å². The summed E-state index contributed by atoms with van der Waals surface area (Å²) >= 11 is 1.37. The number of aryl methyl sites for hydroxylation is 1. The Morgan fingerprint density at radius 3 is 2.53 bits per heavy atom. The summed E-state index contributed by atoms with van der Waals surface area (Å²) in [5.74, 6) is 1.69. The topological polar surface area (TPSA) is 69.9 Å². The Morgan fingerprint density at radius 1 is 1.03 bits per heavy atom. The fourth-order valence-electron chi connectivity index (χ4n) is 3.07. The van der Waals surface area contributed by atoms with E-state index in [0.717, 1.165) is 22.6 Å². The minimum absolute atomic E-state index is 0.0184. The van der Waals surface area contributed by atoms with Gasteiger partial charge in [-0.25, -0.2) is 0 Å². The maximum Gasteiger partial charge on any atom is 0.196 e. The second-order valence-electron chi connectivity index (χ2n) is 6.61. The molecule has 0 bridgehead atoms. The van der Waals surface area contributed by atoms with E-state index in [0.29, 0.717) is 16.5 Å². The first-order chi connectivity index (χ1) is 14.7. The minimum atomic E-state index is 0.0184. The number of pyridine rings is 1. The highest BCUT2D eigenvalue weighted by molar-refractivity contribution is 7.99. The van der Waals surface area contributed by atoms with Crippen LogP contribution in [0.5, 0.6) is 5.75 Å². The lowest BCUT2D eigenvalue weighted by Gasteiger charge is -2.12. The van der Waals surface area contributed by atoms with Crippen LogP contribution in [0, 0.1) is 6.92 Å². The largest absolute Gasteiger partial charge is 0.497 e. The lowest BCUT2D eigenvalue weighted by molar-refractivity contribution is 0.102. The molecular formula is C23H20N4O2S. The van der Waals surface area contributed by atoms with Gasteiger partial charge in [0.2, 0.25) is 0 Å². The van der Waals surface area contributed by atoms with Gasteiger partial charge in [0.25, 0.3) is 0 Å². The molecule has 0 spiro atoms. The average molecular weight is 417 g/mol. The molecule has 30 heavy (non-hydrogen) atoms. The van der Waals surface area contributed by atoms with E-state index >= 15 is 0 Å². The fraction of sp³-hybridized carbons (Fsp3) is 0.130. The summed E-state index contributed by atoms with van der Waals surface area (Å²) in [4.78, 5) is 16.9. The van der Waals surface area contributed by atoms with Crippen molar-refractivity contribution in [3.63, 3.8) is 0 Å². The van der Waals surface area contributed by atoms with Crippen LogP contribution < -0.4 is 4.74 Å². The van der Waals surface area contributed by atoms with Crippen LogP contribution in [0.4, 0.5) is 0 Å². The Hall–Kier alpha value is -3.45. The maximum absolute atomic E-state index is 12.7. The van der Waals surface area contributed by atoms with Crippen molar-refractivity contribution < 1.29 is 9.53 Å². The number of thioether (sulfide) groups is 1. The predicted octanol–water partition coefficient (Wildman–Crippen LogP) is 4.62. The molecule has 0 atom stereocenters. The second-order valence-corrected chi connectivity index (χ2v) is 7.55. The van der Waals surface area contributed by atoms with Crippen molar-refractivity contribution in [1.29, 1.82) is 0 Å². The molecule has 150 valence electrons. The number of para-hydroxylation sites is 1. The van der Waals surface area contributed by atoms with Gasteiger partial charge in [0.15, 0.2) is 16.8 Å². The molecule has 2 aromatic heterocycles. The van der Waals surface area contributed by atoms with Gasteiger partial charge in [-0.3, -0.25) is 14.3 Å². The van der Waals surface area contributed by atoms with E-state index in [1.807, 2.05) is 47.9 Å². The maximum atomic E-state index is 12.7. The number of carbonyl (C=O) groups excluding carboxylic acids is 1. The van der Waals surface area contributed by atoms with Gasteiger partial charge < -0.3 is 4.74 Å². The third-order valence-electron chi connectivity index (χ3n) is 4.65. The Morgan fingerprint density at radius 2 is 1.83 bits per heavy atom. The standard InChI is InChI=1S/C23H20N4O2S/c1-16-6-3-4-8-20(16)27-22(18-7-5-13-24-14-18)25-26-23(27)30-15-21(28)17-9-11-19(29-2)12-10-17/h3-14H,15H2,1-2H3. The normalized spacial score (nSPS) is 10.7. The highest BCUT2D eigenvalue weighted by Gasteiger charge is 2.19. The van der Waals surface area contributed by atoms with E-state index in [9.17, 15) is 4.79 Å². The number of aromatic nitrogens is 4. The number of hydrogen-bond acceptors (Lipinski definition) is 6. The van der Waals surface area contributed by atoms with Gasteiger partial charge >= 0.3 is 0 Å². The zero-order valence-electron chi connectivity index (χ0n) is 16.6. The van der Waals surface area contributed by atoms with Crippen LogP contribution in [0.2, 0.25) is 0 Å². The zero-order chi connectivity index (χ0) is 20.9. The number of carbonyl (C=O) groups is 1. The van der Waals surface area contributed by atoms with Crippen molar-refractivity contribution in [1.82, 2.24) is 19.7 Å². The Bertz CT molecular complexity index is 1160. The van der Waals surface area contributed by atoms with Gasteiger partial charge in [-0.1, -0.05) is 30.0 Å². The van der Waals surface area contributed by atoms with Crippen molar-refractivity contribution in [2.75, 3.05) is 12.9 Å². The molecule has 0 saturated carbocycles. The molecule has 7 heteroatoms. The van der Waals surface area contributed by atoms with Crippen LogP contribution in [0.25, 0.3) is 17.1 Å². The molecule has 0 aliphatic heterocycles. The third kappa shape index (κ3) is 4.11. The van der Waals surface area contributed by atoms with Gasteiger partial charge in [0, 0.05) is 23.5 Å². The first kappa shape index (κ1) is 19.8. The number of rotatable bonds is 7. The van der Waals surface area contributed by atoms with E-state index in [1.165, 1.54) is 11.8 Å². The first-order valence-corrected chi connectivity index (χ1v) is 10.4. The predicted molar refractivity (Wildman–Crippen MR) is 117 cm³/mol. The highest BCUT2D eigenvalue weighted by Crippen LogP contribution is 2.29. The number of benzene rings is 2. The monoisotopic (exact) mass is 416 g/mol. The summed E-state index contributed by atoms with van der Waals surface area (Å²) in [6, 6.07) is 19.0. The van der Waals surface area contributed by atoms with Gasteiger partial charge in [-0.15, -0.1) is 10.2 Å². The average Bonchev–Trinajstić information content (AvgIpc) is 3.22. The smallest absolute Gasteiger partial charge is 0.196 e. The molecule has 0 N–H and O–H groups in total. The number of ether oxygens (including phenoxy) is 1. The lowest BCUT2D eigenvalue weighted by Crippen LogP contribution is -2.06. The van der Waals surface area contributed by atoms with Crippen molar-refractivity contribution in [3.05, 3.63) is 84.2 Å². The Labute approximate surface area is 179 Å². The molecule has 0 aliphatic carbocycles. The molecule has 0 radical (unpaired) electrons. The summed E-state index contributed by atoms with van der Waals surface area (Å²) in [7, 11) is 1.60. The number of methoxy groups -OCH3 is 1. The summed E-state index contributed by atoms with van der Waals surface area (Å²) < 4.78 is 7.14. The molecule has 0 amide bonds. The Kier molecular flexibility index (Phi) is 5.90. The molecule has 0 fully saturated rings. The molecule has 4 aromatic rings. The number of ketones is 1. The van der Waals surface area contributed by atoms with E-state index in [2.05, 4.69) is 15.2 Å². The van der Waals surface area contributed by atoms with Gasteiger partial charge in [-0.2, -0.15) is 0 Å². The van der Waals surface area contributed by atoms with Gasteiger partial charge in [-0.05, 0) is 55.0 Å². The molecular weight excluding hydrogens is 396 g/mol. The molecule has 0 aliphatic rings. The summed E-state index contributed by atoms with van der Waals surface area (Å²) in [6.45, 7) is 2.04. The van der Waals surface area contributed by atoms with Gasteiger partial charge in [0.05, 0.1) is 18.6 Å². The van der Waals surface area contributed by atoms with Gasteiger partial charge in [0.1, 0.15) is 5.75 Å². The van der Waals surface area contributed by atoms with Crippen LogP contribution in [0.15, 0.2) is 78.2 Å².